The minimum atomic E-state index is -3.54. The van der Waals surface area contributed by atoms with Crippen LogP contribution in [-0.4, -0.2) is 41.3 Å². The summed E-state index contributed by atoms with van der Waals surface area (Å²) in [5.41, 5.74) is 4.32. The van der Waals surface area contributed by atoms with Gasteiger partial charge >= 0.3 is 0 Å². The molecule has 0 atom stereocenters. The van der Waals surface area contributed by atoms with Crippen molar-refractivity contribution in [1.29, 1.82) is 0 Å². The van der Waals surface area contributed by atoms with Gasteiger partial charge in [-0.15, -0.1) is 0 Å². The maximum absolute atomic E-state index is 12.6. The van der Waals surface area contributed by atoms with E-state index in [2.05, 4.69) is 25.1 Å². The minimum absolute atomic E-state index is 0.249. The Morgan fingerprint density at radius 2 is 1.80 bits per heavy atom. The number of nitrogens with zero attached hydrogens (tertiary/aromatic N) is 4. The number of hydrogen-bond donors (Lipinski definition) is 2. The molecule has 0 bridgehead atoms. The summed E-state index contributed by atoms with van der Waals surface area (Å²) >= 11 is 0. The number of hydrogen-bond acceptors (Lipinski definition) is 6. The van der Waals surface area contributed by atoms with Crippen molar-refractivity contribution in [2.45, 2.75) is 44.4 Å². The molecule has 0 aliphatic heterocycles. The van der Waals surface area contributed by atoms with Crippen LogP contribution in [0.25, 0.3) is 5.82 Å². The van der Waals surface area contributed by atoms with Crippen molar-refractivity contribution < 1.29 is 8.42 Å². The monoisotopic (exact) mass is 426 g/mol. The molecule has 0 saturated heterocycles. The zero-order valence-electron chi connectivity index (χ0n) is 17.2. The van der Waals surface area contributed by atoms with Gasteiger partial charge in [0, 0.05) is 24.8 Å². The molecule has 0 amide bonds. The van der Waals surface area contributed by atoms with Gasteiger partial charge in [-0.3, -0.25) is 0 Å². The second kappa shape index (κ2) is 8.53. The number of fused-ring (bicyclic) bond motifs is 1. The van der Waals surface area contributed by atoms with E-state index in [4.69, 9.17) is 0 Å². The molecule has 30 heavy (non-hydrogen) atoms. The molecule has 0 fully saturated rings. The molecule has 2 heterocycles. The number of aromatic nitrogens is 4. The molecule has 1 aliphatic rings. The summed E-state index contributed by atoms with van der Waals surface area (Å²) in [4.78, 5) is 8.80. The molecule has 1 aromatic carbocycles. The normalized spacial score (nSPS) is 13.8. The van der Waals surface area contributed by atoms with Crippen molar-refractivity contribution >= 4 is 15.8 Å². The Bertz CT molecular complexity index is 1160. The van der Waals surface area contributed by atoms with Gasteiger partial charge in [0.25, 0.3) is 0 Å². The van der Waals surface area contributed by atoms with E-state index >= 15 is 0 Å². The van der Waals surface area contributed by atoms with Crippen molar-refractivity contribution in [3.8, 4) is 5.82 Å². The van der Waals surface area contributed by atoms with Gasteiger partial charge < -0.3 is 5.32 Å². The molecule has 9 heteroatoms. The first-order valence-electron chi connectivity index (χ1n) is 10.1. The highest BCUT2D eigenvalue weighted by Gasteiger charge is 2.17. The molecule has 1 aliphatic carbocycles. The number of rotatable bonds is 7. The number of anilines is 1. The van der Waals surface area contributed by atoms with Gasteiger partial charge in [-0.05, 0) is 68.9 Å². The highest BCUT2D eigenvalue weighted by molar-refractivity contribution is 7.89. The van der Waals surface area contributed by atoms with E-state index in [0.717, 1.165) is 36.2 Å². The van der Waals surface area contributed by atoms with Crippen LogP contribution in [-0.2, 0) is 22.9 Å². The Morgan fingerprint density at radius 1 is 1.00 bits per heavy atom. The second-order valence-corrected chi connectivity index (χ2v) is 9.33. The molecular weight excluding hydrogens is 400 g/mol. The molecule has 2 aromatic heterocycles. The second-order valence-electron chi connectivity index (χ2n) is 7.56. The molecule has 0 unspecified atom stereocenters. The molecule has 0 spiro atoms. The number of nitrogens with one attached hydrogen (secondary N) is 2. The highest BCUT2D eigenvalue weighted by atomic mass is 32.2. The van der Waals surface area contributed by atoms with Gasteiger partial charge in [0.1, 0.15) is 12.1 Å². The third kappa shape index (κ3) is 4.52. The van der Waals surface area contributed by atoms with Gasteiger partial charge in [0.15, 0.2) is 5.82 Å². The Balaban J connectivity index is 1.36. The van der Waals surface area contributed by atoms with Crippen molar-refractivity contribution in [3.63, 3.8) is 0 Å². The fourth-order valence-electron chi connectivity index (χ4n) is 3.76. The molecule has 3 aromatic rings. The summed E-state index contributed by atoms with van der Waals surface area (Å²) in [6.07, 6.45) is 5.74. The number of benzene rings is 1. The maximum Gasteiger partial charge on any atom is 0.240 e. The van der Waals surface area contributed by atoms with Crippen LogP contribution in [0.15, 0.2) is 41.6 Å². The predicted molar refractivity (Wildman–Crippen MR) is 115 cm³/mol. The third-order valence-electron chi connectivity index (χ3n) is 5.23. The topological polar surface area (TPSA) is 102 Å². The Kier molecular flexibility index (Phi) is 5.83. The van der Waals surface area contributed by atoms with Crippen molar-refractivity contribution in [2.24, 2.45) is 0 Å². The Hall–Kier alpha value is -2.78. The third-order valence-corrected chi connectivity index (χ3v) is 6.69. The first-order valence-corrected chi connectivity index (χ1v) is 11.6. The lowest BCUT2D eigenvalue weighted by atomic mass is 9.92. The zero-order valence-corrected chi connectivity index (χ0v) is 18.0. The van der Waals surface area contributed by atoms with E-state index in [0.29, 0.717) is 23.1 Å². The van der Waals surface area contributed by atoms with Crippen LogP contribution in [0.5, 0.6) is 0 Å². The highest BCUT2D eigenvalue weighted by Crippen LogP contribution is 2.24. The van der Waals surface area contributed by atoms with E-state index in [-0.39, 0.29) is 6.54 Å². The number of sulfonamides is 1. The molecule has 8 nitrogen and oxygen atoms in total. The van der Waals surface area contributed by atoms with E-state index in [1.54, 1.807) is 16.8 Å². The molecule has 2 N–H and O–H groups in total. The lowest BCUT2D eigenvalue weighted by Crippen LogP contribution is -2.29. The van der Waals surface area contributed by atoms with Crippen molar-refractivity contribution in [1.82, 2.24) is 24.5 Å². The molecule has 158 valence electrons. The molecule has 0 saturated carbocycles. The van der Waals surface area contributed by atoms with Crippen LogP contribution in [0.4, 0.5) is 5.82 Å². The van der Waals surface area contributed by atoms with Gasteiger partial charge in [0.2, 0.25) is 10.0 Å². The van der Waals surface area contributed by atoms with E-state index in [1.165, 1.54) is 18.3 Å². The summed E-state index contributed by atoms with van der Waals surface area (Å²) in [6, 6.07) is 9.23. The smallest absolute Gasteiger partial charge is 0.240 e. The predicted octanol–water partition coefficient (Wildman–Crippen LogP) is 2.55. The standard InChI is InChI=1S/C21H26N6O2S/c1-15-11-16(2)27(26-15)21-13-20(23-14-24-21)22-9-10-25-30(28,29)19-8-7-17-5-3-4-6-18(17)12-19/h7-8,11-14,25H,3-6,9-10H2,1-2H3,(H,22,23,24). The lowest BCUT2D eigenvalue weighted by molar-refractivity contribution is 0.582. The quantitative estimate of drug-likeness (QED) is 0.563. The average molecular weight is 427 g/mol. The summed E-state index contributed by atoms with van der Waals surface area (Å²) in [6.45, 7) is 4.54. The van der Waals surface area contributed by atoms with Crippen LogP contribution in [0, 0.1) is 13.8 Å². The summed E-state index contributed by atoms with van der Waals surface area (Å²) in [7, 11) is -3.54. The van der Waals surface area contributed by atoms with Crippen molar-refractivity contribution in [3.05, 3.63) is 59.2 Å². The fraction of sp³-hybridized carbons (Fsp3) is 0.381. The zero-order chi connectivity index (χ0) is 21.1. The Morgan fingerprint density at radius 3 is 2.57 bits per heavy atom. The van der Waals surface area contributed by atoms with Gasteiger partial charge in [-0.25, -0.2) is 27.8 Å². The van der Waals surface area contributed by atoms with Gasteiger partial charge in [-0.2, -0.15) is 5.10 Å². The SMILES string of the molecule is Cc1cc(C)n(-c2cc(NCCNS(=O)(=O)c3ccc4c(c3)CCCC4)ncn2)n1. The molecule has 0 radical (unpaired) electrons. The van der Waals surface area contributed by atoms with Crippen LogP contribution >= 0.6 is 0 Å². The first kappa shape index (κ1) is 20.5. The van der Waals surface area contributed by atoms with E-state index < -0.39 is 10.0 Å². The van der Waals surface area contributed by atoms with E-state index in [1.807, 2.05) is 32.0 Å². The van der Waals surface area contributed by atoms with Crippen LogP contribution in [0.2, 0.25) is 0 Å². The Labute approximate surface area is 176 Å². The van der Waals surface area contributed by atoms with E-state index in [9.17, 15) is 8.42 Å². The van der Waals surface area contributed by atoms with Gasteiger partial charge in [0.05, 0.1) is 10.6 Å². The van der Waals surface area contributed by atoms with Crippen LogP contribution in [0.1, 0.15) is 35.4 Å². The summed E-state index contributed by atoms with van der Waals surface area (Å²) in [5, 5.41) is 7.56. The van der Waals surface area contributed by atoms with Crippen molar-refractivity contribution in [2.75, 3.05) is 18.4 Å². The average Bonchev–Trinajstić information content (AvgIpc) is 3.09. The fourth-order valence-corrected chi connectivity index (χ4v) is 4.84. The summed E-state index contributed by atoms with van der Waals surface area (Å²) < 4.78 is 29.7. The summed E-state index contributed by atoms with van der Waals surface area (Å²) in [5.74, 6) is 1.27. The van der Waals surface area contributed by atoms with Crippen LogP contribution in [0.3, 0.4) is 0 Å². The minimum Gasteiger partial charge on any atom is -0.369 e. The van der Waals surface area contributed by atoms with Gasteiger partial charge in [-0.1, -0.05) is 6.07 Å². The lowest BCUT2D eigenvalue weighted by Gasteiger charge is -2.17. The number of aryl methyl sites for hydroxylation is 4. The maximum atomic E-state index is 12.6. The first-order chi connectivity index (χ1) is 14.4. The largest absolute Gasteiger partial charge is 0.369 e. The molecular formula is C21H26N6O2S. The molecule has 4 rings (SSSR count). The van der Waals surface area contributed by atoms with Crippen LogP contribution < -0.4 is 10.0 Å².